The third-order valence-electron chi connectivity index (χ3n) is 3.55. The fourth-order valence-electron chi connectivity index (χ4n) is 2.51. The first-order valence-electron chi connectivity index (χ1n) is 7.40. The Bertz CT molecular complexity index is 626. The molecule has 0 saturated heterocycles. The standard InChI is InChI=1S/C16H22N2O3S/c1-22(20,21)12-15(13-8-4-2-5-9-13)18-16(19)17-14-10-6-3-7-11-14/h2,4-6,8-10,14-15H,3,7,11-12H2,1H3,(H2,17,18,19). The fourth-order valence-corrected chi connectivity index (χ4v) is 3.39. The van der Waals surface area contributed by atoms with Crippen LogP contribution in [-0.2, 0) is 9.84 Å². The Balaban J connectivity index is 2.04. The molecule has 0 spiro atoms. The zero-order valence-corrected chi connectivity index (χ0v) is 13.5. The van der Waals surface area contributed by atoms with Crippen LogP contribution < -0.4 is 10.6 Å². The van der Waals surface area contributed by atoms with E-state index in [-0.39, 0.29) is 17.8 Å². The maximum Gasteiger partial charge on any atom is 0.315 e. The number of allylic oxidation sites excluding steroid dienone is 1. The van der Waals surface area contributed by atoms with E-state index in [2.05, 4.69) is 16.7 Å². The Kier molecular flexibility index (Phi) is 5.60. The lowest BCUT2D eigenvalue weighted by molar-refractivity contribution is 0.235. The topological polar surface area (TPSA) is 75.3 Å². The molecule has 1 aromatic rings. The maximum atomic E-state index is 12.1. The lowest BCUT2D eigenvalue weighted by atomic mass is 10.0. The number of carbonyl (C=O) groups excluding carboxylic acids is 1. The molecule has 0 aliphatic heterocycles. The minimum absolute atomic E-state index is 0.0170. The minimum atomic E-state index is -3.21. The number of benzene rings is 1. The van der Waals surface area contributed by atoms with Crippen LogP contribution in [0, 0.1) is 0 Å². The molecule has 6 heteroatoms. The first-order chi connectivity index (χ1) is 10.4. The third kappa shape index (κ3) is 5.52. The molecule has 22 heavy (non-hydrogen) atoms. The highest BCUT2D eigenvalue weighted by atomic mass is 32.2. The summed E-state index contributed by atoms with van der Waals surface area (Å²) in [6.45, 7) is 0. The summed E-state index contributed by atoms with van der Waals surface area (Å²) in [6.07, 6.45) is 8.21. The van der Waals surface area contributed by atoms with Crippen LogP contribution in [0.3, 0.4) is 0 Å². The molecule has 1 aromatic carbocycles. The van der Waals surface area contributed by atoms with E-state index < -0.39 is 15.9 Å². The second-order valence-corrected chi connectivity index (χ2v) is 7.82. The fraction of sp³-hybridized carbons (Fsp3) is 0.438. The van der Waals surface area contributed by atoms with Crippen LogP contribution in [0.1, 0.15) is 30.9 Å². The van der Waals surface area contributed by atoms with Gasteiger partial charge in [0.15, 0.2) is 0 Å². The van der Waals surface area contributed by atoms with Crippen molar-refractivity contribution < 1.29 is 13.2 Å². The van der Waals surface area contributed by atoms with Gasteiger partial charge in [-0.1, -0.05) is 42.5 Å². The van der Waals surface area contributed by atoms with Crippen molar-refractivity contribution >= 4 is 15.9 Å². The second-order valence-electron chi connectivity index (χ2n) is 5.64. The molecule has 0 radical (unpaired) electrons. The smallest absolute Gasteiger partial charge is 0.315 e. The van der Waals surface area contributed by atoms with Crippen LogP contribution in [-0.4, -0.2) is 32.5 Å². The van der Waals surface area contributed by atoms with E-state index in [4.69, 9.17) is 0 Å². The number of rotatable bonds is 5. The SMILES string of the molecule is CS(=O)(=O)CC(NC(=O)NC1C=CCCC1)c1ccccc1. The lowest BCUT2D eigenvalue weighted by Gasteiger charge is -2.22. The molecule has 5 nitrogen and oxygen atoms in total. The molecule has 2 amide bonds. The normalized spacial score (nSPS) is 19.4. The summed E-state index contributed by atoms with van der Waals surface area (Å²) in [7, 11) is -3.21. The summed E-state index contributed by atoms with van der Waals surface area (Å²) in [5.74, 6) is -0.120. The van der Waals surface area contributed by atoms with E-state index in [0.717, 1.165) is 24.8 Å². The first-order valence-corrected chi connectivity index (χ1v) is 9.46. The molecule has 2 N–H and O–H groups in total. The van der Waals surface area contributed by atoms with Gasteiger partial charge in [0.25, 0.3) is 0 Å². The van der Waals surface area contributed by atoms with Gasteiger partial charge in [0, 0.05) is 12.3 Å². The maximum absolute atomic E-state index is 12.1. The molecule has 0 bridgehead atoms. The number of hydrogen-bond donors (Lipinski definition) is 2. The summed E-state index contributed by atoms with van der Waals surface area (Å²) in [5.41, 5.74) is 0.780. The third-order valence-corrected chi connectivity index (χ3v) is 4.49. The van der Waals surface area contributed by atoms with E-state index >= 15 is 0 Å². The Morgan fingerprint density at radius 1 is 1.32 bits per heavy atom. The molecule has 0 aromatic heterocycles. The number of urea groups is 1. The van der Waals surface area contributed by atoms with Crippen molar-refractivity contribution in [3.63, 3.8) is 0 Å². The first kappa shape index (κ1) is 16.5. The van der Waals surface area contributed by atoms with Gasteiger partial charge in [-0.05, 0) is 24.8 Å². The average Bonchev–Trinajstić information content (AvgIpc) is 2.47. The molecule has 2 unspecified atom stereocenters. The van der Waals surface area contributed by atoms with Gasteiger partial charge in [0.05, 0.1) is 11.8 Å². The average molecular weight is 322 g/mol. The van der Waals surface area contributed by atoms with Crippen molar-refractivity contribution in [1.82, 2.24) is 10.6 Å². The summed E-state index contributed by atoms with van der Waals surface area (Å²) in [5, 5.41) is 5.65. The number of sulfone groups is 1. The van der Waals surface area contributed by atoms with Gasteiger partial charge in [0.2, 0.25) is 0 Å². The van der Waals surface area contributed by atoms with Crippen molar-refractivity contribution in [2.45, 2.75) is 31.3 Å². The van der Waals surface area contributed by atoms with E-state index in [1.54, 1.807) is 0 Å². The molecule has 1 aliphatic rings. The van der Waals surface area contributed by atoms with Gasteiger partial charge in [0.1, 0.15) is 9.84 Å². The Hall–Kier alpha value is -1.82. The number of nitrogens with one attached hydrogen (secondary N) is 2. The molecule has 0 saturated carbocycles. The highest BCUT2D eigenvalue weighted by Gasteiger charge is 2.20. The summed E-state index contributed by atoms with van der Waals surface area (Å²) in [4.78, 5) is 12.1. The predicted octanol–water partition coefficient (Wildman–Crippen LogP) is 2.18. The van der Waals surface area contributed by atoms with Crippen molar-refractivity contribution in [1.29, 1.82) is 0 Å². The Morgan fingerprint density at radius 2 is 2.05 bits per heavy atom. The van der Waals surface area contributed by atoms with Crippen LogP contribution in [0.5, 0.6) is 0 Å². The van der Waals surface area contributed by atoms with Gasteiger partial charge in [-0.15, -0.1) is 0 Å². The van der Waals surface area contributed by atoms with Gasteiger partial charge < -0.3 is 10.6 Å². The van der Waals surface area contributed by atoms with Gasteiger partial charge in [-0.3, -0.25) is 0 Å². The summed E-state index contributed by atoms with van der Waals surface area (Å²) in [6, 6.07) is 8.27. The van der Waals surface area contributed by atoms with Crippen LogP contribution in [0.15, 0.2) is 42.5 Å². The van der Waals surface area contributed by atoms with Gasteiger partial charge >= 0.3 is 6.03 Å². The van der Waals surface area contributed by atoms with Crippen LogP contribution in [0.2, 0.25) is 0 Å². The van der Waals surface area contributed by atoms with E-state index in [1.165, 1.54) is 6.26 Å². The molecule has 2 atom stereocenters. The zero-order valence-electron chi connectivity index (χ0n) is 12.7. The number of hydrogen-bond acceptors (Lipinski definition) is 3. The Labute approximate surface area is 131 Å². The molecule has 0 fully saturated rings. The van der Waals surface area contributed by atoms with E-state index in [1.807, 2.05) is 36.4 Å². The summed E-state index contributed by atoms with van der Waals surface area (Å²) < 4.78 is 23.2. The molecular weight excluding hydrogens is 300 g/mol. The van der Waals surface area contributed by atoms with Crippen LogP contribution in [0.4, 0.5) is 4.79 Å². The lowest BCUT2D eigenvalue weighted by Crippen LogP contribution is -2.44. The van der Waals surface area contributed by atoms with Crippen molar-refractivity contribution in [3.05, 3.63) is 48.0 Å². The number of amides is 2. The van der Waals surface area contributed by atoms with E-state index in [9.17, 15) is 13.2 Å². The highest BCUT2D eigenvalue weighted by molar-refractivity contribution is 7.90. The molecule has 2 rings (SSSR count). The largest absolute Gasteiger partial charge is 0.332 e. The molecule has 1 aliphatic carbocycles. The van der Waals surface area contributed by atoms with Crippen molar-refractivity contribution in [2.75, 3.05) is 12.0 Å². The quantitative estimate of drug-likeness (QED) is 0.816. The van der Waals surface area contributed by atoms with E-state index in [0.29, 0.717) is 0 Å². The van der Waals surface area contributed by atoms with Crippen LogP contribution >= 0.6 is 0 Å². The van der Waals surface area contributed by atoms with Crippen molar-refractivity contribution in [2.24, 2.45) is 0 Å². The highest BCUT2D eigenvalue weighted by Crippen LogP contribution is 2.15. The zero-order chi connectivity index (χ0) is 16.0. The van der Waals surface area contributed by atoms with Crippen LogP contribution in [0.25, 0.3) is 0 Å². The molecule has 0 heterocycles. The monoisotopic (exact) mass is 322 g/mol. The Morgan fingerprint density at radius 3 is 2.64 bits per heavy atom. The van der Waals surface area contributed by atoms with Gasteiger partial charge in [-0.25, -0.2) is 13.2 Å². The molecular formula is C16H22N2O3S. The number of carbonyl (C=O) groups is 1. The predicted molar refractivity (Wildman–Crippen MR) is 87.3 cm³/mol. The minimum Gasteiger partial charge on any atom is -0.332 e. The van der Waals surface area contributed by atoms with Gasteiger partial charge in [-0.2, -0.15) is 0 Å². The summed E-state index contributed by atoms with van der Waals surface area (Å²) >= 11 is 0. The second kappa shape index (κ2) is 7.45. The van der Waals surface area contributed by atoms with Crippen molar-refractivity contribution in [3.8, 4) is 0 Å². The molecule has 120 valence electrons.